The van der Waals surface area contributed by atoms with Crippen LogP contribution in [-0.2, 0) is 0 Å². The van der Waals surface area contributed by atoms with Gasteiger partial charge in [0, 0.05) is 0 Å². The molecular weight excluding hydrogens is 160 g/mol. The molecule has 62 valence electrons. The molecule has 6 heteroatoms. The molecule has 0 aliphatic heterocycles. The Hall–Kier alpha value is -1.53. The van der Waals surface area contributed by atoms with E-state index in [9.17, 15) is 0 Å². The number of aromatic amines is 1. The van der Waals surface area contributed by atoms with E-state index in [4.69, 9.17) is 10.2 Å². The van der Waals surface area contributed by atoms with Crippen LogP contribution in [0.2, 0.25) is 0 Å². The van der Waals surface area contributed by atoms with Crippen molar-refractivity contribution in [2.24, 2.45) is 0 Å². The third-order valence-electron chi connectivity index (χ3n) is 1.42. The molecule has 3 N–H and O–H groups in total. The van der Waals surface area contributed by atoms with Crippen molar-refractivity contribution in [3.05, 3.63) is 18.3 Å². The van der Waals surface area contributed by atoms with Gasteiger partial charge in [0.05, 0.1) is 6.20 Å². The zero-order valence-corrected chi connectivity index (χ0v) is 5.97. The minimum absolute atomic E-state index is 0.0745. The number of fused-ring (bicyclic) bond motifs is 1. The molecule has 0 amide bonds. The van der Waals surface area contributed by atoms with Crippen LogP contribution >= 0.6 is 0 Å². The largest absolute Gasteiger partial charge is 0.362 e. The summed E-state index contributed by atoms with van der Waals surface area (Å²) in [5.74, 6) is 0.0745. The summed E-state index contributed by atoms with van der Waals surface area (Å²) in [5, 5.41) is 17.5. The Balaban J connectivity index is 2.62. The Bertz CT molecular complexity index is 364. The van der Waals surface area contributed by atoms with Crippen molar-refractivity contribution < 1.29 is 10.2 Å². The molecule has 6 nitrogen and oxygen atoms in total. The molecule has 2 rings (SSSR count). The number of rotatable bonds is 1. The first kappa shape index (κ1) is 7.14. The highest BCUT2D eigenvalue weighted by Gasteiger charge is 2.08. The van der Waals surface area contributed by atoms with Crippen LogP contribution in [0.25, 0.3) is 11.2 Å². The summed E-state index contributed by atoms with van der Waals surface area (Å²) in [6.45, 7) is 0. The molecule has 0 spiro atoms. The second kappa shape index (κ2) is 2.50. The molecule has 2 heterocycles. The van der Waals surface area contributed by atoms with Crippen molar-refractivity contribution in [1.29, 1.82) is 0 Å². The van der Waals surface area contributed by atoms with E-state index in [1.807, 2.05) is 0 Å². The topological polar surface area (TPSA) is 94.9 Å². The van der Waals surface area contributed by atoms with Crippen LogP contribution in [0.4, 0.5) is 0 Å². The fourth-order valence-electron chi connectivity index (χ4n) is 0.903. The lowest BCUT2D eigenvalue weighted by atomic mass is 10.6. The standard InChI is InChI=1S/C6H6N4O2/c11-6(12)5-9-3-1-7-2-8-4(3)10-5/h1-2,6,11-12H,(H,7,8,9,10). The number of imidazole rings is 1. The van der Waals surface area contributed by atoms with Crippen LogP contribution in [-0.4, -0.2) is 30.1 Å². The first-order chi connectivity index (χ1) is 5.77. The molecule has 12 heavy (non-hydrogen) atoms. The number of aromatic nitrogens is 4. The van der Waals surface area contributed by atoms with E-state index in [1.165, 1.54) is 12.5 Å². The highest BCUT2D eigenvalue weighted by atomic mass is 16.5. The minimum Gasteiger partial charge on any atom is -0.362 e. The fourth-order valence-corrected chi connectivity index (χ4v) is 0.903. The Kier molecular flexibility index (Phi) is 1.49. The van der Waals surface area contributed by atoms with Crippen molar-refractivity contribution in [1.82, 2.24) is 19.9 Å². The number of hydrogen-bond donors (Lipinski definition) is 3. The predicted molar refractivity (Wildman–Crippen MR) is 38.9 cm³/mol. The summed E-state index contributed by atoms with van der Waals surface area (Å²) < 4.78 is 0. The number of nitrogens with one attached hydrogen (secondary N) is 1. The van der Waals surface area contributed by atoms with E-state index >= 15 is 0 Å². The Labute approximate surface area is 66.9 Å². The smallest absolute Gasteiger partial charge is 0.212 e. The van der Waals surface area contributed by atoms with Gasteiger partial charge in [-0.15, -0.1) is 0 Å². The quantitative estimate of drug-likeness (QED) is 0.488. The van der Waals surface area contributed by atoms with Gasteiger partial charge in [0.25, 0.3) is 0 Å². The van der Waals surface area contributed by atoms with Crippen LogP contribution < -0.4 is 0 Å². The summed E-state index contributed by atoms with van der Waals surface area (Å²) in [4.78, 5) is 14.0. The van der Waals surface area contributed by atoms with E-state index in [2.05, 4.69) is 19.9 Å². The van der Waals surface area contributed by atoms with Crippen LogP contribution in [0, 0.1) is 0 Å². The molecule has 0 atom stereocenters. The summed E-state index contributed by atoms with van der Waals surface area (Å²) in [6.07, 6.45) is 1.26. The van der Waals surface area contributed by atoms with Crippen molar-refractivity contribution in [3.8, 4) is 0 Å². The van der Waals surface area contributed by atoms with Crippen LogP contribution in [0.3, 0.4) is 0 Å². The molecule has 0 fully saturated rings. The third kappa shape index (κ3) is 1.03. The zero-order chi connectivity index (χ0) is 8.55. The lowest BCUT2D eigenvalue weighted by molar-refractivity contribution is -0.0486. The molecule has 0 saturated carbocycles. The van der Waals surface area contributed by atoms with E-state index in [-0.39, 0.29) is 5.82 Å². The zero-order valence-electron chi connectivity index (χ0n) is 5.97. The molecular formula is C6H6N4O2. The molecule has 0 radical (unpaired) electrons. The van der Waals surface area contributed by atoms with Gasteiger partial charge in [-0.2, -0.15) is 0 Å². The maximum absolute atomic E-state index is 8.74. The second-order valence-electron chi connectivity index (χ2n) is 2.26. The number of hydrogen-bond acceptors (Lipinski definition) is 5. The van der Waals surface area contributed by atoms with Gasteiger partial charge in [-0.1, -0.05) is 0 Å². The molecule has 0 unspecified atom stereocenters. The van der Waals surface area contributed by atoms with Crippen LogP contribution in [0.15, 0.2) is 12.5 Å². The van der Waals surface area contributed by atoms with E-state index in [1.54, 1.807) is 0 Å². The average Bonchev–Trinajstić information content (AvgIpc) is 2.46. The maximum Gasteiger partial charge on any atom is 0.212 e. The Morgan fingerprint density at radius 2 is 2.25 bits per heavy atom. The van der Waals surface area contributed by atoms with Crippen LogP contribution in [0.5, 0.6) is 0 Å². The molecule has 0 saturated heterocycles. The summed E-state index contributed by atoms with van der Waals surface area (Å²) in [6, 6.07) is 0. The number of aliphatic hydroxyl groups excluding tert-OH is 1. The molecule has 0 aromatic carbocycles. The van der Waals surface area contributed by atoms with E-state index in [0.29, 0.717) is 11.2 Å². The highest BCUT2D eigenvalue weighted by molar-refractivity contribution is 5.68. The van der Waals surface area contributed by atoms with Crippen molar-refractivity contribution in [2.75, 3.05) is 0 Å². The SMILES string of the molecule is OC(O)c1nc2ncncc2[nH]1. The summed E-state index contributed by atoms with van der Waals surface area (Å²) >= 11 is 0. The summed E-state index contributed by atoms with van der Waals surface area (Å²) in [5.41, 5.74) is 1.01. The van der Waals surface area contributed by atoms with Gasteiger partial charge >= 0.3 is 0 Å². The third-order valence-corrected chi connectivity index (χ3v) is 1.42. The normalized spacial score (nSPS) is 11.2. The molecule has 0 aliphatic carbocycles. The molecule has 0 aliphatic rings. The average molecular weight is 166 g/mol. The molecule has 2 aromatic rings. The first-order valence-electron chi connectivity index (χ1n) is 3.29. The highest BCUT2D eigenvalue weighted by Crippen LogP contribution is 2.10. The van der Waals surface area contributed by atoms with Crippen LogP contribution in [0.1, 0.15) is 12.1 Å². The van der Waals surface area contributed by atoms with Crippen molar-refractivity contribution in [3.63, 3.8) is 0 Å². The van der Waals surface area contributed by atoms with Crippen molar-refractivity contribution >= 4 is 11.2 Å². The second-order valence-corrected chi connectivity index (χ2v) is 2.26. The fraction of sp³-hybridized carbons (Fsp3) is 0.167. The monoisotopic (exact) mass is 166 g/mol. The van der Waals surface area contributed by atoms with Gasteiger partial charge in [-0.25, -0.2) is 15.0 Å². The van der Waals surface area contributed by atoms with Gasteiger partial charge in [-0.3, -0.25) is 0 Å². The van der Waals surface area contributed by atoms with Gasteiger partial charge in [-0.05, 0) is 0 Å². The minimum atomic E-state index is -1.60. The Morgan fingerprint density at radius 1 is 1.42 bits per heavy atom. The maximum atomic E-state index is 8.74. The van der Waals surface area contributed by atoms with E-state index < -0.39 is 6.29 Å². The lowest BCUT2D eigenvalue weighted by Gasteiger charge is -1.93. The summed E-state index contributed by atoms with van der Waals surface area (Å²) in [7, 11) is 0. The van der Waals surface area contributed by atoms with Gasteiger partial charge < -0.3 is 15.2 Å². The number of aliphatic hydroxyl groups is 2. The number of H-pyrrole nitrogens is 1. The Morgan fingerprint density at radius 3 is 2.92 bits per heavy atom. The van der Waals surface area contributed by atoms with E-state index in [0.717, 1.165) is 0 Å². The predicted octanol–water partition coefficient (Wildman–Crippen LogP) is -0.664. The van der Waals surface area contributed by atoms with Gasteiger partial charge in [0.15, 0.2) is 11.5 Å². The van der Waals surface area contributed by atoms with Gasteiger partial charge in [0.1, 0.15) is 11.8 Å². The first-order valence-corrected chi connectivity index (χ1v) is 3.29. The molecule has 2 aromatic heterocycles. The lowest BCUT2D eigenvalue weighted by Crippen LogP contribution is -1.96. The van der Waals surface area contributed by atoms with Crippen molar-refractivity contribution in [2.45, 2.75) is 6.29 Å². The van der Waals surface area contributed by atoms with Gasteiger partial charge in [0.2, 0.25) is 6.29 Å². The number of nitrogens with zero attached hydrogens (tertiary/aromatic N) is 3. The molecule has 0 bridgehead atoms.